The molecule has 0 heterocycles. The molecule has 0 radical (unpaired) electrons. The fraction of sp³-hybridized carbons (Fsp3) is 0.250. The predicted octanol–water partition coefficient (Wildman–Crippen LogP) is 0.642. The quantitative estimate of drug-likeness (QED) is 0.580. The van der Waals surface area contributed by atoms with Crippen LogP contribution in [0, 0.1) is 17.7 Å². The number of rotatable bonds is 3. The highest BCUT2D eigenvalue weighted by molar-refractivity contribution is 5.94. The van der Waals surface area contributed by atoms with E-state index in [0.29, 0.717) is 18.7 Å². The Labute approximate surface area is 93.8 Å². The van der Waals surface area contributed by atoms with E-state index >= 15 is 0 Å². The summed E-state index contributed by atoms with van der Waals surface area (Å²) >= 11 is 0. The third-order valence-electron chi connectivity index (χ3n) is 1.83. The van der Waals surface area contributed by atoms with Crippen LogP contribution in [0.2, 0.25) is 0 Å². The van der Waals surface area contributed by atoms with Crippen LogP contribution in [-0.4, -0.2) is 19.0 Å². The molecule has 1 amide bonds. The van der Waals surface area contributed by atoms with Gasteiger partial charge in [0, 0.05) is 18.0 Å². The number of amides is 1. The maximum Gasteiger partial charge on any atom is 0.296 e. The van der Waals surface area contributed by atoms with Crippen molar-refractivity contribution in [3.63, 3.8) is 0 Å². The molecule has 0 fully saturated rings. The molecular formula is C12H13FN2O. The summed E-state index contributed by atoms with van der Waals surface area (Å²) in [6.45, 7) is 1.05. The van der Waals surface area contributed by atoms with Crippen molar-refractivity contribution in [3.05, 3.63) is 35.6 Å². The molecule has 4 heteroatoms. The minimum absolute atomic E-state index is 0.321. The monoisotopic (exact) mass is 220 g/mol. The van der Waals surface area contributed by atoms with Crippen molar-refractivity contribution >= 4 is 5.91 Å². The Morgan fingerprint density at radius 1 is 1.38 bits per heavy atom. The third kappa shape index (κ3) is 4.58. The third-order valence-corrected chi connectivity index (χ3v) is 1.83. The van der Waals surface area contributed by atoms with Gasteiger partial charge in [0.05, 0.1) is 0 Å². The number of halogens is 1. The summed E-state index contributed by atoms with van der Waals surface area (Å²) in [6.07, 6.45) is 0.726. The van der Waals surface area contributed by atoms with Crippen LogP contribution in [0.4, 0.5) is 4.39 Å². The molecule has 84 valence electrons. The maximum atomic E-state index is 12.6. The summed E-state index contributed by atoms with van der Waals surface area (Å²) < 4.78 is 12.6. The molecule has 0 aromatic heterocycles. The smallest absolute Gasteiger partial charge is 0.296 e. The summed E-state index contributed by atoms with van der Waals surface area (Å²) in [5.41, 5.74) is 5.88. The number of nitrogens with two attached hydrogens (primary N) is 1. The van der Waals surface area contributed by atoms with Gasteiger partial charge in [-0.15, -0.1) is 0 Å². The first-order valence-electron chi connectivity index (χ1n) is 4.98. The van der Waals surface area contributed by atoms with Crippen LogP contribution >= 0.6 is 0 Å². The van der Waals surface area contributed by atoms with E-state index in [4.69, 9.17) is 5.73 Å². The maximum absolute atomic E-state index is 12.6. The average molecular weight is 220 g/mol. The number of carbonyl (C=O) groups excluding carboxylic acids is 1. The van der Waals surface area contributed by atoms with Crippen molar-refractivity contribution in [1.29, 1.82) is 0 Å². The zero-order valence-electron chi connectivity index (χ0n) is 8.79. The van der Waals surface area contributed by atoms with E-state index < -0.39 is 0 Å². The second-order valence-corrected chi connectivity index (χ2v) is 3.16. The second kappa shape index (κ2) is 6.59. The zero-order valence-corrected chi connectivity index (χ0v) is 8.79. The molecule has 0 aliphatic rings. The predicted molar refractivity (Wildman–Crippen MR) is 60.0 cm³/mol. The van der Waals surface area contributed by atoms with Gasteiger partial charge in [0.2, 0.25) is 0 Å². The highest BCUT2D eigenvalue weighted by Gasteiger charge is 1.93. The van der Waals surface area contributed by atoms with Crippen molar-refractivity contribution in [3.8, 4) is 11.8 Å². The molecule has 1 rings (SSSR count). The summed E-state index contributed by atoms with van der Waals surface area (Å²) in [6, 6.07) is 5.65. The van der Waals surface area contributed by atoms with Crippen molar-refractivity contribution in [2.24, 2.45) is 5.73 Å². The Morgan fingerprint density at radius 3 is 2.69 bits per heavy atom. The average Bonchev–Trinajstić information content (AvgIpc) is 2.29. The topological polar surface area (TPSA) is 55.1 Å². The van der Waals surface area contributed by atoms with E-state index in [1.807, 2.05) is 0 Å². The number of hydrogen-bond acceptors (Lipinski definition) is 2. The standard InChI is InChI=1S/C12H13FN2O/c13-11-5-2-10(3-6-11)4-7-12(16)15-9-1-8-14/h2-3,5-6H,1,8-9,14H2,(H,15,16). The Bertz CT molecular complexity index is 403. The van der Waals surface area contributed by atoms with E-state index in [9.17, 15) is 9.18 Å². The number of benzene rings is 1. The first-order valence-corrected chi connectivity index (χ1v) is 4.98. The molecule has 3 nitrogen and oxygen atoms in total. The Morgan fingerprint density at radius 2 is 2.06 bits per heavy atom. The molecular weight excluding hydrogens is 207 g/mol. The van der Waals surface area contributed by atoms with Crippen LogP contribution in [0.3, 0.4) is 0 Å². The number of hydrogen-bond donors (Lipinski definition) is 2. The lowest BCUT2D eigenvalue weighted by Gasteiger charge is -1.96. The first-order chi connectivity index (χ1) is 7.72. The van der Waals surface area contributed by atoms with Crippen LogP contribution in [0.15, 0.2) is 24.3 Å². The molecule has 0 aliphatic heterocycles. The second-order valence-electron chi connectivity index (χ2n) is 3.16. The molecule has 0 spiro atoms. The minimum atomic E-state index is -0.349. The lowest BCUT2D eigenvalue weighted by Crippen LogP contribution is -2.24. The highest BCUT2D eigenvalue weighted by Crippen LogP contribution is 2.00. The van der Waals surface area contributed by atoms with Crippen molar-refractivity contribution < 1.29 is 9.18 Å². The van der Waals surface area contributed by atoms with Gasteiger partial charge in [-0.1, -0.05) is 5.92 Å². The molecule has 1 aromatic rings. The van der Waals surface area contributed by atoms with Gasteiger partial charge in [0.15, 0.2) is 0 Å². The normalized spacial score (nSPS) is 9.12. The van der Waals surface area contributed by atoms with E-state index in [1.54, 1.807) is 0 Å². The number of carbonyl (C=O) groups is 1. The van der Waals surface area contributed by atoms with Crippen LogP contribution in [0.1, 0.15) is 12.0 Å². The van der Waals surface area contributed by atoms with E-state index in [-0.39, 0.29) is 11.7 Å². The minimum Gasteiger partial charge on any atom is -0.345 e. The van der Waals surface area contributed by atoms with Gasteiger partial charge < -0.3 is 11.1 Å². The molecule has 0 aliphatic carbocycles. The number of nitrogens with one attached hydrogen (secondary N) is 1. The van der Waals surface area contributed by atoms with Crippen molar-refractivity contribution in [1.82, 2.24) is 5.32 Å². The van der Waals surface area contributed by atoms with Gasteiger partial charge in [0.25, 0.3) is 5.91 Å². The summed E-state index contributed by atoms with van der Waals surface area (Å²) in [5.74, 6) is 4.38. The molecule has 16 heavy (non-hydrogen) atoms. The van der Waals surface area contributed by atoms with Gasteiger partial charge in [-0.25, -0.2) is 4.39 Å². The van der Waals surface area contributed by atoms with Crippen LogP contribution < -0.4 is 11.1 Å². The lowest BCUT2D eigenvalue weighted by molar-refractivity contribution is -0.115. The Balaban J connectivity index is 2.47. The van der Waals surface area contributed by atoms with Gasteiger partial charge >= 0.3 is 0 Å². The fourth-order valence-corrected chi connectivity index (χ4v) is 1.01. The van der Waals surface area contributed by atoms with E-state index in [0.717, 1.165) is 6.42 Å². The summed E-state index contributed by atoms with van der Waals surface area (Å²) in [4.78, 5) is 11.2. The van der Waals surface area contributed by atoms with Crippen LogP contribution in [-0.2, 0) is 4.79 Å². The molecule has 0 bridgehead atoms. The van der Waals surface area contributed by atoms with E-state index in [2.05, 4.69) is 17.2 Å². The van der Waals surface area contributed by atoms with Crippen LogP contribution in [0.25, 0.3) is 0 Å². The largest absolute Gasteiger partial charge is 0.345 e. The van der Waals surface area contributed by atoms with Gasteiger partial charge in [0.1, 0.15) is 5.82 Å². The molecule has 0 atom stereocenters. The van der Waals surface area contributed by atoms with Gasteiger partial charge in [-0.2, -0.15) is 0 Å². The SMILES string of the molecule is NCCCNC(=O)C#Cc1ccc(F)cc1. The Hall–Kier alpha value is -1.86. The molecule has 0 unspecified atom stereocenters. The Kier molecular flexibility index (Phi) is 5.03. The van der Waals surface area contributed by atoms with Crippen molar-refractivity contribution in [2.45, 2.75) is 6.42 Å². The fourth-order valence-electron chi connectivity index (χ4n) is 1.01. The van der Waals surface area contributed by atoms with Gasteiger partial charge in [-0.3, -0.25) is 4.79 Å². The first kappa shape index (κ1) is 12.2. The van der Waals surface area contributed by atoms with Gasteiger partial charge in [-0.05, 0) is 37.2 Å². The van der Waals surface area contributed by atoms with Crippen molar-refractivity contribution in [2.75, 3.05) is 13.1 Å². The van der Waals surface area contributed by atoms with Crippen LogP contribution in [0.5, 0.6) is 0 Å². The highest BCUT2D eigenvalue weighted by atomic mass is 19.1. The lowest BCUT2D eigenvalue weighted by atomic mass is 10.2. The molecule has 0 saturated heterocycles. The summed E-state index contributed by atoms with van der Waals surface area (Å²) in [7, 11) is 0. The summed E-state index contributed by atoms with van der Waals surface area (Å²) in [5, 5.41) is 2.60. The molecule has 3 N–H and O–H groups in total. The van der Waals surface area contributed by atoms with E-state index in [1.165, 1.54) is 24.3 Å². The zero-order chi connectivity index (χ0) is 11.8. The molecule has 0 saturated carbocycles. The molecule has 1 aromatic carbocycles.